The number of nitrogens with zero attached hydrogens (tertiary/aromatic N) is 2. The lowest BCUT2D eigenvalue weighted by molar-refractivity contribution is -0.274. The second-order valence-electron chi connectivity index (χ2n) is 6.85. The lowest BCUT2D eigenvalue weighted by Crippen LogP contribution is -2.47. The first kappa shape index (κ1) is 18.3. The Balaban J connectivity index is 1.75. The molecule has 1 aliphatic heterocycles. The zero-order chi connectivity index (χ0) is 18.9. The van der Waals surface area contributed by atoms with Gasteiger partial charge in [0, 0.05) is 12.1 Å². The van der Waals surface area contributed by atoms with Crippen molar-refractivity contribution in [2.45, 2.75) is 45.0 Å². The van der Waals surface area contributed by atoms with E-state index in [0.29, 0.717) is 18.7 Å². The SMILES string of the molecule is Cc1cn[nH]c1C(=O)N1CCCC1(C)Cc1ccc(OC(F)(F)F)cc1. The zero-order valence-electron chi connectivity index (χ0n) is 14.6. The number of carbonyl (C=O) groups is 1. The molecule has 2 heterocycles. The number of hydrogen-bond donors (Lipinski definition) is 1. The molecule has 0 bridgehead atoms. The van der Waals surface area contributed by atoms with Crippen LogP contribution < -0.4 is 4.74 Å². The number of H-pyrrole nitrogens is 1. The molecule has 1 aliphatic rings. The molecule has 8 heteroatoms. The Kier molecular flexibility index (Phi) is 4.68. The summed E-state index contributed by atoms with van der Waals surface area (Å²) >= 11 is 0. The minimum atomic E-state index is -4.70. The molecule has 3 rings (SSSR count). The molecule has 26 heavy (non-hydrogen) atoms. The smallest absolute Gasteiger partial charge is 0.406 e. The van der Waals surface area contributed by atoms with E-state index in [2.05, 4.69) is 14.9 Å². The van der Waals surface area contributed by atoms with E-state index in [1.807, 2.05) is 18.7 Å². The number of aryl methyl sites for hydroxylation is 1. The maximum absolute atomic E-state index is 12.9. The van der Waals surface area contributed by atoms with Crippen LogP contribution in [-0.2, 0) is 6.42 Å². The van der Waals surface area contributed by atoms with E-state index in [1.165, 1.54) is 12.1 Å². The number of hydrogen-bond acceptors (Lipinski definition) is 3. The monoisotopic (exact) mass is 367 g/mol. The van der Waals surface area contributed by atoms with Crippen molar-refractivity contribution in [3.8, 4) is 5.75 Å². The highest BCUT2D eigenvalue weighted by atomic mass is 19.4. The summed E-state index contributed by atoms with van der Waals surface area (Å²) in [6.45, 7) is 4.47. The van der Waals surface area contributed by atoms with E-state index in [-0.39, 0.29) is 11.7 Å². The Morgan fingerprint density at radius 3 is 2.62 bits per heavy atom. The van der Waals surface area contributed by atoms with Crippen molar-refractivity contribution in [2.24, 2.45) is 0 Å². The highest BCUT2D eigenvalue weighted by Crippen LogP contribution is 2.34. The normalized spacial score (nSPS) is 20.4. The molecular formula is C18H20F3N3O2. The van der Waals surface area contributed by atoms with Gasteiger partial charge in [-0.2, -0.15) is 5.10 Å². The van der Waals surface area contributed by atoms with Crippen molar-refractivity contribution in [3.05, 3.63) is 47.3 Å². The Morgan fingerprint density at radius 1 is 1.35 bits per heavy atom. The molecule has 1 aromatic heterocycles. The number of amides is 1. The quantitative estimate of drug-likeness (QED) is 0.893. The van der Waals surface area contributed by atoms with Crippen LogP contribution in [0.4, 0.5) is 13.2 Å². The van der Waals surface area contributed by atoms with Gasteiger partial charge in [0.2, 0.25) is 0 Å². The number of halogens is 3. The van der Waals surface area contributed by atoms with Crippen LogP contribution in [0.5, 0.6) is 5.75 Å². The highest BCUT2D eigenvalue weighted by Gasteiger charge is 2.40. The first-order valence-corrected chi connectivity index (χ1v) is 8.35. The third-order valence-electron chi connectivity index (χ3n) is 4.78. The van der Waals surface area contributed by atoms with E-state index in [0.717, 1.165) is 24.0 Å². The van der Waals surface area contributed by atoms with Crippen LogP contribution in [0, 0.1) is 6.92 Å². The van der Waals surface area contributed by atoms with Gasteiger partial charge in [-0.1, -0.05) is 12.1 Å². The van der Waals surface area contributed by atoms with Gasteiger partial charge in [0.05, 0.1) is 6.20 Å². The van der Waals surface area contributed by atoms with E-state index in [9.17, 15) is 18.0 Å². The van der Waals surface area contributed by atoms with Crippen LogP contribution in [0.2, 0.25) is 0 Å². The summed E-state index contributed by atoms with van der Waals surface area (Å²) in [6.07, 6.45) is -0.834. The topological polar surface area (TPSA) is 58.2 Å². The van der Waals surface area contributed by atoms with Crippen molar-refractivity contribution < 1.29 is 22.7 Å². The first-order chi connectivity index (χ1) is 12.2. The maximum atomic E-state index is 12.9. The summed E-state index contributed by atoms with van der Waals surface area (Å²) in [7, 11) is 0. The lowest BCUT2D eigenvalue weighted by Gasteiger charge is -2.35. The van der Waals surface area contributed by atoms with E-state index >= 15 is 0 Å². The fourth-order valence-corrected chi connectivity index (χ4v) is 3.50. The predicted molar refractivity (Wildman–Crippen MR) is 88.8 cm³/mol. The Labute approximate surface area is 149 Å². The zero-order valence-corrected chi connectivity index (χ0v) is 14.6. The highest BCUT2D eigenvalue weighted by molar-refractivity contribution is 5.94. The average molecular weight is 367 g/mol. The van der Waals surface area contributed by atoms with Gasteiger partial charge >= 0.3 is 6.36 Å². The Morgan fingerprint density at radius 2 is 2.04 bits per heavy atom. The number of aromatic nitrogens is 2. The molecule has 1 saturated heterocycles. The van der Waals surface area contributed by atoms with E-state index in [1.54, 1.807) is 18.3 Å². The van der Waals surface area contributed by atoms with Crippen molar-refractivity contribution >= 4 is 5.91 Å². The Bertz CT molecular complexity index is 786. The molecule has 5 nitrogen and oxygen atoms in total. The van der Waals surface area contributed by atoms with Crippen molar-refractivity contribution in [1.82, 2.24) is 15.1 Å². The molecule has 2 aromatic rings. The second kappa shape index (κ2) is 6.66. The largest absolute Gasteiger partial charge is 0.573 e. The number of likely N-dealkylation sites (tertiary alicyclic amines) is 1. The van der Waals surface area contributed by atoms with Gasteiger partial charge < -0.3 is 9.64 Å². The minimum Gasteiger partial charge on any atom is -0.406 e. The third-order valence-corrected chi connectivity index (χ3v) is 4.78. The molecule has 1 atom stereocenters. The molecule has 140 valence electrons. The lowest BCUT2D eigenvalue weighted by atomic mass is 9.90. The van der Waals surface area contributed by atoms with Gasteiger partial charge in [-0.05, 0) is 56.4 Å². The van der Waals surface area contributed by atoms with E-state index < -0.39 is 11.9 Å². The van der Waals surface area contributed by atoms with Crippen LogP contribution >= 0.6 is 0 Å². The fourth-order valence-electron chi connectivity index (χ4n) is 3.50. The standard InChI is InChI=1S/C18H20F3N3O2/c1-12-11-22-23-15(12)16(25)24-9-3-8-17(24,2)10-13-4-6-14(7-5-13)26-18(19,20)21/h4-7,11H,3,8-10H2,1-2H3,(H,22,23). The molecule has 1 fully saturated rings. The number of aromatic amines is 1. The van der Waals surface area contributed by atoms with Gasteiger partial charge in [0.25, 0.3) is 5.91 Å². The third kappa shape index (κ3) is 3.84. The second-order valence-corrected chi connectivity index (χ2v) is 6.85. The summed E-state index contributed by atoms with van der Waals surface area (Å²) < 4.78 is 40.7. The predicted octanol–water partition coefficient (Wildman–Crippen LogP) is 3.85. The van der Waals surface area contributed by atoms with Gasteiger partial charge in [-0.3, -0.25) is 9.89 Å². The van der Waals surface area contributed by atoms with Crippen LogP contribution in [0.1, 0.15) is 41.4 Å². The molecule has 1 aromatic carbocycles. The number of carbonyl (C=O) groups excluding carboxylic acids is 1. The molecule has 0 spiro atoms. The number of nitrogens with one attached hydrogen (secondary N) is 1. The van der Waals surface area contributed by atoms with Crippen LogP contribution in [0.3, 0.4) is 0 Å². The summed E-state index contributed by atoms with van der Waals surface area (Å²) in [4.78, 5) is 14.7. The summed E-state index contributed by atoms with van der Waals surface area (Å²) in [5.41, 5.74) is 1.72. The van der Waals surface area contributed by atoms with Crippen molar-refractivity contribution in [3.63, 3.8) is 0 Å². The van der Waals surface area contributed by atoms with Crippen LogP contribution in [-0.4, -0.2) is 39.5 Å². The molecule has 0 radical (unpaired) electrons. The van der Waals surface area contributed by atoms with Gasteiger partial charge in [0.15, 0.2) is 0 Å². The fraction of sp³-hybridized carbons (Fsp3) is 0.444. The molecular weight excluding hydrogens is 347 g/mol. The van der Waals surface area contributed by atoms with Crippen LogP contribution in [0.15, 0.2) is 30.5 Å². The molecule has 1 amide bonds. The van der Waals surface area contributed by atoms with E-state index in [4.69, 9.17) is 0 Å². The average Bonchev–Trinajstić information content (AvgIpc) is 3.13. The molecule has 0 saturated carbocycles. The summed E-state index contributed by atoms with van der Waals surface area (Å²) in [5.74, 6) is -0.351. The Hall–Kier alpha value is -2.51. The number of benzene rings is 1. The first-order valence-electron chi connectivity index (χ1n) is 8.35. The molecule has 1 unspecified atom stereocenters. The van der Waals surface area contributed by atoms with Crippen molar-refractivity contribution in [1.29, 1.82) is 0 Å². The number of rotatable bonds is 4. The summed E-state index contributed by atoms with van der Waals surface area (Å²) in [6, 6.07) is 5.81. The number of alkyl halides is 3. The van der Waals surface area contributed by atoms with Crippen molar-refractivity contribution in [2.75, 3.05) is 6.54 Å². The maximum Gasteiger partial charge on any atom is 0.573 e. The molecule has 1 N–H and O–H groups in total. The molecule has 0 aliphatic carbocycles. The van der Waals surface area contributed by atoms with Crippen LogP contribution in [0.25, 0.3) is 0 Å². The van der Waals surface area contributed by atoms with Gasteiger partial charge in [-0.25, -0.2) is 0 Å². The summed E-state index contributed by atoms with van der Waals surface area (Å²) in [5, 5.41) is 6.66. The number of ether oxygens (including phenoxy) is 1. The van der Waals surface area contributed by atoms with Gasteiger partial charge in [-0.15, -0.1) is 13.2 Å². The minimum absolute atomic E-state index is 0.1000. The van der Waals surface area contributed by atoms with Gasteiger partial charge in [0.1, 0.15) is 11.4 Å².